The van der Waals surface area contributed by atoms with Crippen LogP contribution in [0.15, 0.2) is 18.2 Å². The van der Waals surface area contributed by atoms with E-state index < -0.39 is 10.0 Å². The van der Waals surface area contributed by atoms with Crippen LogP contribution in [0.3, 0.4) is 0 Å². The molecular formula is C11H15NO4S. The number of benzene rings is 1. The molecule has 1 saturated carbocycles. The van der Waals surface area contributed by atoms with E-state index in [1.807, 2.05) is 0 Å². The van der Waals surface area contributed by atoms with Crippen LogP contribution < -0.4 is 9.46 Å². The van der Waals surface area contributed by atoms with E-state index in [0.29, 0.717) is 5.75 Å². The number of anilines is 1. The lowest BCUT2D eigenvalue weighted by molar-refractivity contribution is 0.408. The van der Waals surface area contributed by atoms with Crippen molar-refractivity contribution in [1.29, 1.82) is 0 Å². The molecule has 2 rings (SSSR count). The highest BCUT2D eigenvalue weighted by Gasteiger charge is 2.28. The van der Waals surface area contributed by atoms with Crippen LogP contribution in [0.5, 0.6) is 11.5 Å². The van der Waals surface area contributed by atoms with Gasteiger partial charge in [0.25, 0.3) is 0 Å². The average Bonchev–Trinajstić information content (AvgIpc) is 3.04. The molecule has 0 amide bonds. The lowest BCUT2D eigenvalue weighted by atomic mass is 10.3. The maximum Gasteiger partial charge on any atom is 0.233 e. The highest BCUT2D eigenvalue weighted by molar-refractivity contribution is 7.92. The van der Waals surface area contributed by atoms with Gasteiger partial charge in [0, 0.05) is 6.07 Å². The Hall–Kier alpha value is -1.43. The van der Waals surface area contributed by atoms with Crippen LogP contribution >= 0.6 is 0 Å². The van der Waals surface area contributed by atoms with Gasteiger partial charge in [-0.15, -0.1) is 0 Å². The molecule has 1 aliphatic rings. The summed E-state index contributed by atoms with van der Waals surface area (Å²) in [6, 6.07) is 4.45. The zero-order valence-electron chi connectivity index (χ0n) is 9.51. The SMILES string of the molecule is COc1ccc(NS(=O)(=O)CC2CC2)c(O)c1. The first kappa shape index (κ1) is 12.0. The van der Waals surface area contributed by atoms with E-state index in [9.17, 15) is 13.5 Å². The summed E-state index contributed by atoms with van der Waals surface area (Å²) in [6.45, 7) is 0. The van der Waals surface area contributed by atoms with E-state index >= 15 is 0 Å². The molecule has 1 aliphatic carbocycles. The minimum absolute atomic E-state index is 0.123. The van der Waals surface area contributed by atoms with E-state index in [0.717, 1.165) is 12.8 Å². The van der Waals surface area contributed by atoms with Crippen LogP contribution in [-0.2, 0) is 10.0 Å². The second-order valence-corrected chi connectivity index (χ2v) is 5.98. The number of rotatable bonds is 5. The molecule has 0 unspecified atom stereocenters. The number of nitrogens with one attached hydrogen (secondary N) is 1. The van der Waals surface area contributed by atoms with Crippen LogP contribution in [-0.4, -0.2) is 26.4 Å². The highest BCUT2D eigenvalue weighted by Crippen LogP contribution is 2.32. The molecule has 0 atom stereocenters. The van der Waals surface area contributed by atoms with Gasteiger partial charge in [-0.3, -0.25) is 4.72 Å². The average molecular weight is 257 g/mol. The van der Waals surface area contributed by atoms with Crippen LogP contribution in [0.25, 0.3) is 0 Å². The summed E-state index contributed by atoms with van der Waals surface area (Å²) < 4.78 is 30.7. The summed E-state index contributed by atoms with van der Waals surface area (Å²) in [5.41, 5.74) is 0.187. The Labute approximate surface area is 100 Å². The Bertz CT molecular complexity index is 508. The number of phenolic OH excluding ortho intramolecular Hbond substituents is 1. The summed E-state index contributed by atoms with van der Waals surface area (Å²) in [7, 11) is -1.89. The van der Waals surface area contributed by atoms with Crippen molar-refractivity contribution in [3.63, 3.8) is 0 Å². The van der Waals surface area contributed by atoms with Gasteiger partial charge in [0.05, 0.1) is 18.6 Å². The first-order valence-corrected chi connectivity index (χ1v) is 7.03. The monoisotopic (exact) mass is 257 g/mol. The Kier molecular flexibility index (Phi) is 3.15. The second kappa shape index (κ2) is 4.44. The van der Waals surface area contributed by atoms with Crippen molar-refractivity contribution >= 4 is 15.7 Å². The van der Waals surface area contributed by atoms with Crippen LogP contribution in [0.4, 0.5) is 5.69 Å². The fourth-order valence-electron chi connectivity index (χ4n) is 1.53. The third-order valence-electron chi connectivity index (χ3n) is 2.62. The molecule has 0 aromatic heterocycles. The Morgan fingerprint density at radius 3 is 2.71 bits per heavy atom. The summed E-state index contributed by atoms with van der Waals surface area (Å²) in [5, 5.41) is 9.63. The standard InChI is InChI=1S/C11H15NO4S/c1-16-9-4-5-10(11(13)6-9)12-17(14,15)7-8-2-3-8/h4-6,8,12-13H,2-3,7H2,1H3. The van der Waals surface area contributed by atoms with Gasteiger partial charge in [0.15, 0.2) is 0 Å². The van der Waals surface area contributed by atoms with Crippen LogP contribution in [0.1, 0.15) is 12.8 Å². The van der Waals surface area contributed by atoms with E-state index in [2.05, 4.69) is 4.72 Å². The summed E-state index contributed by atoms with van der Waals surface area (Å²) in [5.74, 6) is 0.739. The minimum atomic E-state index is -3.36. The molecule has 2 N–H and O–H groups in total. The van der Waals surface area contributed by atoms with Crippen molar-refractivity contribution in [3.05, 3.63) is 18.2 Å². The zero-order valence-corrected chi connectivity index (χ0v) is 10.3. The van der Waals surface area contributed by atoms with Gasteiger partial charge >= 0.3 is 0 Å². The van der Waals surface area contributed by atoms with E-state index in [1.54, 1.807) is 6.07 Å². The van der Waals surface area contributed by atoms with Gasteiger partial charge in [-0.1, -0.05) is 0 Å². The number of hydrogen-bond donors (Lipinski definition) is 2. The summed E-state index contributed by atoms with van der Waals surface area (Å²) >= 11 is 0. The molecule has 0 aliphatic heterocycles. The molecule has 94 valence electrons. The predicted octanol–water partition coefficient (Wildman–Crippen LogP) is 1.55. The summed E-state index contributed by atoms with van der Waals surface area (Å²) in [6.07, 6.45) is 1.94. The van der Waals surface area contributed by atoms with Crippen molar-refractivity contribution in [2.75, 3.05) is 17.6 Å². The fraction of sp³-hybridized carbons (Fsp3) is 0.455. The number of methoxy groups -OCH3 is 1. The van der Waals surface area contributed by atoms with Crippen molar-refractivity contribution in [1.82, 2.24) is 0 Å². The number of sulfonamides is 1. The van der Waals surface area contributed by atoms with Gasteiger partial charge < -0.3 is 9.84 Å². The molecule has 17 heavy (non-hydrogen) atoms. The molecule has 1 fully saturated rings. The molecule has 0 bridgehead atoms. The Balaban J connectivity index is 2.12. The zero-order chi connectivity index (χ0) is 12.5. The second-order valence-electron chi connectivity index (χ2n) is 4.21. The normalized spacial score (nSPS) is 15.6. The third kappa shape index (κ3) is 3.26. The lowest BCUT2D eigenvalue weighted by Crippen LogP contribution is -2.17. The molecule has 0 spiro atoms. The van der Waals surface area contributed by atoms with E-state index in [-0.39, 0.29) is 23.1 Å². The quantitative estimate of drug-likeness (QED) is 0.785. The maximum atomic E-state index is 11.7. The van der Waals surface area contributed by atoms with Crippen molar-refractivity contribution < 1.29 is 18.3 Å². The molecule has 0 saturated heterocycles. The van der Waals surface area contributed by atoms with E-state index in [4.69, 9.17) is 4.74 Å². The fourth-order valence-corrected chi connectivity index (χ4v) is 3.07. The third-order valence-corrected chi connectivity index (χ3v) is 4.06. The highest BCUT2D eigenvalue weighted by atomic mass is 32.2. The lowest BCUT2D eigenvalue weighted by Gasteiger charge is -2.10. The van der Waals surface area contributed by atoms with Crippen molar-refractivity contribution in [2.45, 2.75) is 12.8 Å². The van der Waals surface area contributed by atoms with Gasteiger partial charge in [0.2, 0.25) is 10.0 Å². The molecule has 5 nitrogen and oxygen atoms in total. The minimum Gasteiger partial charge on any atom is -0.506 e. The number of aromatic hydroxyl groups is 1. The Morgan fingerprint density at radius 2 is 2.18 bits per heavy atom. The molecule has 0 radical (unpaired) electrons. The Morgan fingerprint density at radius 1 is 1.47 bits per heavy atom. The molecule has 1 aromatic carbocycles. The van der Waals surface area contributed by atoms with Crippen LogP contribution in [0.2, 0.25) is 0 Å². The largest absolute Gasteiger partial charge is 0.506 e. The van der Waals surface area contributed by atoms with Crippen molar-refractivity contribution in [3.8, 4) is 11.5 Å². The molecule has 6 heteroatoms. The first-order valence-electron chi connectivity index (χ1n) is 5.37. The maximum absolute atomic E-state index is 11.7. The molecule has 0 heterocycles. The van der Waals surface area contributed by atoms with Crippen LogP contribution in [0, 0.1) is 5.92 Å². The molecule has 1 aromatic rings. The molecular weight excluding hydrogens is 242 g/mol. The van der Waals surface area contributed by atoms with Gasteiger partial charge in [-0.25, -0.2) is 8.42 Å². The number of hydrogen-bond acceptors (Lipinski definition) is 4. The van der Waals surface area contributed by atoms with Gasteiger partial charge in [-0.05, 0) is 30.9 Å². The topological polar surface area (TPSA) is 75.6 Å². The first-order chi connectivity index (χ1) is 8.00. The number of phenols is 1. The van der Waals surface area contributed by atoms with Gasteiger partial charge in [0.1, 0.15) is 11.5 Å². The van der Waals surface area contributed by atoms with Crippen molar-refractivity contribution in [2.24, 2.45) is 5.92 Å². The smallest absolute Gasteiger partial charge is 0.233 e. The predicted molar refractivity (Wildman–Crippen MR) is 64.8 cm³/mol. The van der Waals surface area contributed by atoms with Gasteiger partial charge in [-0.2, -0.15) is 0 Å². The summed E-state index contributed by atoms with van der Waals surface area (Å²) in [4.78, 5) is 0. The van der Waals surface area contributed by atoms with E-state index in [1.165, 1.54) is 19.2 Å². The number of ether oxygens (including phenoxy) is 1.